The average molecular weight is 343 g/mol. The van der Waals surface area contributed by atoms with E-state index in [1.54, 1.807) is 10.6 Å². The molecule has 0 radical (unpaired) electrons. The van der Waals surface area contributed by atoms with Gasteiger partial charge in [0.15, 0.2) is 5.58 Å². The maximum atomic E-state index is 12.8. The molecule has 6 nitrogen and oxygen atoms in total. The molecule has 2 aromatic rings. The van der Waals surface area contributed by atoms with Gasteiger partial charge in [0.2, 0.25) is 5.91 Å². The lowest BCUT2D eigenvalue weighted by molar-refractivity contribution is -0.133. The van der Waals surface area contributed by atoms with Crippen molar-refractivity contribution in [3.63, 3.8) is 0 Å². The van der Waals surface area contributed by atoms with Crippen LogP contribution in [-0.2, 0) is 11.3 Å². The number of aromatic nitrogens is 1. The molecule has 3 heterocycles. The second-order valence-electron chi connectivity index (χ2n) is 7.22. The highest BCUT2D eigenvalue weighted by atomic mass is 16.4. The van der Waals surface area contributed by atoms with E-state index in [0.717, 1.165) is 31.4 Å². The Balaban J connectivity index is 1.46. The molecule has 1 aromatic carbocycles. The smallest absolute Gasteiger partial charge is 0.408 e. The summed E-state index contributed by atoms with van der Waals surface area (Å²) in [5.41, 5.74) is 1.33. The van der Waals surface area contributed by atoms with Crippen LogP contribution < -0.4 is 5.76 Å². The summed E-state index contributed by atoms with van der Waals surface area (Å²) in [4.78, 5) is 29.3. The van der Waals surface area contributed by atoms with Gasteiger partial charge in [-0.2, -0.15) is 0 Å². The van der Waals surface area contributed by atoms with E-state index in [1.165, 1.54) is 12.8 Å². The zero-order valence-electron chi connectivity index (χ0n) is 14.7. The van der Waals surface area contributed by atoms with Gasteiger partial charge < -0.3 is 14.2 Å². The van der Waals surface area contributed by atoms with Crippen LogP contribution in [0.5, 0.6) is 0 Å². The van der Waals surface area contributed by atoms with Gasteiger partial charge in [0, 0.05) is 31.6 Å². The van der Waals surface area contributed by atoms with Crippen LogP contribution in [0, 0.1) is 0 Å². The number of likely N-dealkylation sites (N-methyl/N-ethyl adjacent to an activating group) is 1. The molecule has 2 aliphatic rings. The van der Waals surface area contributed by atoms with Gasteiger partial charge in [0.1, 0.15) is 0 Å². The number of hydrogen-bond donors (Lipinski definition) is 0. The highest BCUT2D eigenvalue weighted by molar-refractivity contribution is 5.77. The van der Waals surface area contributed by atoms with Crippen molar-refractivity contribution in [1.29, 1.82) is 0 Å². The number of carbonyl (C=O) groups is 1. The number of benzene rings is 1. The molecule has 0 spiro atoms. The molecule has 0 N–H and O–H groups in total. The molecule has 0 bridgehead atoms. The molecule has 134 valence electrons. The molecule has 0 saturated carbocycles. The van der Waals surface area contributed by atoms with Crippen molar-refractivity contribution >= 4 is 17.0 Å². The third-order valence-corrected chi connectivity index (χ3v) is 5.76. The van der Waals surface area contributed by atoms with Crippen LogP contribution in [0.2, 0.25) is 0 Å². The quantitative estimate of drug-likeness (QED) is 0.853. The van der Waals surface area contributed by atoms with Gasteiger partial charge in [0.05, 0.1) is 5.52 Å². The summed E-state index contributed by atoms with van der Waals surface area (Å²) in [5, 5.41) is 0. The van der Waals surface area contributed by atoms with E-state index in [4.69, 9.17) is 4.42 Å². The third-order valence-electron chi connectivity index (χ3n) is 5.76. The molecule has 2 saturated heterocycles. The third kappa shape index (κ3) is 2.99. The lowest BCUT2D eigenvalue weighted by Crippen LogP contribution is -2.47. The fourth-order valence-electron chi connectivity index (χ4n) is 4.50. The van der Waals surface area contributed by atoms with Gasteiger partial charge >= 0.3 is 5.76 Å². The first-order valence-electron chi connectivity index (χ1n) is 9.23. The molecule has 0 aliphatic carbocycles. The Hall–Kier alpha value is -2.08. The molecule has 4 rings (SSSR count). The summed E-state index contributed by atoms with van der Waals surface area (Å²) in [6.45, 7) is 2.34. The summed E-state index contributed by atoms with van der Waals surface area (Å²) in [6, 6.07) is 8.18. The van der Waals surface area contributed by atoms with E-state index in [0.29, 0.717) is 30.6 Å². The number of rotatable bonds is 4. The number of amides is 1. The van der Waals surface area contributed by atoms with Gasteiger partial charge in [-0.05, 0) is 51.4 Å². The van der Waals surface area contributed by atoms with Crippen LogP contribution in [0.25, 0.3) is 11.1 Å². The van der Waals surface area contributed by atoms with Crippen molar-refractivity contribution in [2.45, 2.75) is 50.7 Å². The summed E-state index contributed by atoms with van der Waals surface area (Å²) >= 11 is 0. The van der Waals surface area contributed by atoms with Crippen molar-refractivity contribution in [2.75, 3.05) is 20.1 Å². The minimum atomic E-state index is -0.387. The first-order valence-corrected chi connectivity index (χ1v) is 9.23. The van der Waals surface area contributed by atoms with E-state index in [-0.39, 0.29) is 11.7 Å². The second-order valence-corrected chi connectivity index (χ2v) is 7.22. The van der Waals surface area contributed by atoms with Crippen LogP contribution in [0.4, 0.5) is 0 Å². The lowest BCUT2D eigenvalue weighted by Gasteiger charge is -2.33. The van der Waals surface area contributed by atoms with E-state index in [9.17, 15) is 9.59 Å². The molecule has 2 atom stereocenters. The predicted octanol–water partition coefficient (Wildman–Crippen LogP) is 2.07. The largest absolute Gasteiger partial charge is 0.419 e. The number of para-hydroxylation sites is 2. The Morgan fingerprint density at radius 3 is 2.72 bits per heavy atom. The highest BCUT2D eigenvalue weighted by Gasteiger charge is 2.38. The van der Waals surface area contributed by atoms with Crippen molar-refractivity contribution < 1.29 is 9.21 Å². The zero-order chi connectivity index (χ0) is 17.4. The van der Waals surface area contributed by atoms with Crippen molar-refractivity contribution in [3.05, 3.63) is 34.8 Å². The minimum absolute atomic E-state index is 0.153. The molecular weight excluding hydrogens is 318 g/mol. The fourth-order valence-corrected chi connectivity index (χ4v) is 4.50. The summed E-state index contributed by atoms with van der Waals surface area (Å²) < 4.78 is 6.82. The molecule has 25 heavy (non-hydrogen) atoms. The Labute approximate surface area is 147 Å². The number of likely N-dealkylation sites (tertiary alicyclic amines) is 2. The lowest BCUT2D eigenvalue weighted by atomic mass is 10.0. The van der Waals surface area contributed by atoms with Crippen molar-refractivity contribution in [1.82, 2.24) is 14.4 Å². The van der Waals surface area contributed by atoms with Crippen LogP contribution in [-0.4, -0.2) is 52.5 Å². The normalized spacial score (nSPS) is 24.4. The van der Waals surface area contributed by atoms with Gasteiger partial charge in [-0.15, -0.1) is 0 Å². The number of fused-ring (bicyclic) bond motifs is 1. The first-order chi connectivity index (χ1) is 12.1. The molecule has 2 aliphatic heterocycles. The van der Waals surface area contributed by atoms with Crippen LogP contribution >= 0.6 is 0 Å². The highest BCUT2D eigenvalue weighted by Crippen LogP contribution is 2.29. The molecule has 6 heteroatoms. The van der Waals surface area contributed by atoms with Gasteiger partial charge in [0.25, 0.3) is 0 Å². The van der Waals surface area contributed by atoms with Crippen molar-refractivity contribution in [3.8, 4) is 0 Å². The van der Waals surface area contributed by atoms with Gasteiger partial charge in [-0.1, -0.05) is 12.1 Å². The molecular formula is C19H25N3O3. The average Bonchev–Trinajstić information content (AvgIpc) is 3.30. The van der Waals surface area contributed by atoms with E-state index < -0.39 is 0 Å². The predicted molar refractivity (Wildman–Crippen MR) is 95.5 cm³/mol. The van der Waals surface area contributed by atoms with E-state index >= 15 is 0 Å². The summed E-state index contributed by atoms with van der Waals surface area (Å²) in [7, 11) is 2.16. The van der Waals surface area contributed by atoms with Crippen molar-refractivity contribution in [2.24, 2.45) is 0 Å². The maximum Gasteiger partial charge on any atom is 0.419 e. The number of hydrogen-bond acceptors (Lipinski definition) is 4. The summed E-state index contributed by atoms with van der Waals surface area (Å²) in [6.07, 6.45) is 4.91. The minimum Gasteiger partial charge on any atom is -0.408 e. The Morgan fingerprint density at radius 2 is 1.92 bits per heavy atom. The monoisotopic (exact) mass is 343 g/mol. The van der Waals surface area contributed by atoms with Gasteiger partial charge in [-0.3, -0.25) is 9.36 Å². The molecule has 0 unspecified atom stereocenters. The van der Waals surface area contributed by atoms with E-state index in [2.05, 4.69) is 16.8 Å². The number of aryl methyl sites for hydroxylation is 1. The Kier molecular flexibility index (Phi) is 4.37. The van der Waals surface area contributed by atoms with Crippen LogP contribution in [0.15, 0.2) is 33.5 Å². The topological polar surface area (TPSA) is 58.7 Å². The van der Waals surface area contributed by atoms with E-state index in [1.807, 2.05) is 18.2 Å². The fraction of sp³-hybridized carbons (Fsp3) is 0.579. The number of oxazole rings is 1. The number of nitrogens with zero attached hydrogens (tertiary/aromatic N) is 3. The standard InChI is InChI=1S/C19H25N3O3/c1-20-11-4-7-14(20)15-8-5-12-21(15)18(23)10-13-22-16-6-2-3-9-17(16)25-19(22)24/h2-3,6,9,14-15H,4-5,7-8,10-13H2,1H3/t14-,15-/m0/s1. The molecule has 2 fully saturated rings. The SMILES string of the molecule is CN1CCC[C@H]1[C@@H]1CCCN1C(=O)CCn1c(=O)oc2ccccc21. The Bertz CT molecular complexity index is 825. The van der Waals surface area contributed by atoms with Gasteiger partial charge in [-0.25, -0.2) is 4.79 Å². The zero-order valence-corrected chi connectivity index (χ0v) is 14.7. The van der Waals surface area contributed by atoms with Crippen LogP contribution in [0.3, 0.4) is 0 Å². The Morgan fingerprint density at radius 1 is 1.16 bits per heavy atom. The van der Waals surface area contributed by atoms with Crippen LogP contribution in [0.1, 0.15) is 32.1 Å². The molecule has 1 amide bonds. The molecule has 1 aromatic heterocycles. The summed E-state index contributed by atoms with van der Waals surface area (Å²) in [5.74, 6) is -0.234. The second kappa shape index (κ2) is 6.67. The number of carbonyl (C=O) groups excluding carboxylic acids is 1. The first kappa shape index (κ1) is 16.4. The maximum absolute atomic E-state index is 12.8.